The molecule has 0 aromatic carbocycles. The van der Waals surface area contributed by atoms with Crippen molar-refractivity contribution >= 4 is 16.5 Å². The first kappa shape index (κ1) is 15.4. The molecule has 4 heteroatoms. The van der Waals surface area contributed by atoms with Crippen LogP contribution in [0.3, 0.4) is 0 Å². The Morgan fingerprint density at radius 1 is 1.44 bits per heavy atom. The molecule has 1 atom stereocenters. The molecule has 104 valence electrons. The molecule has 18 heavy (non-hydrogen) atoms. The Bertz CT molecular complexity index is 354. The van der Waals surface area contributed by atoms with Gasteiger partial charge < -0.3 is 10.2 Å². The second-order valence-electron chi connectivity index (χ2n) is 6.11. The van der Waals surface area contributed by atoms with Crippen molar-refractivity contribution in [1.82, 2.24) is 10.3 Å². The largest absolute Gasteiger partial charge is 0.351 e. The van der Waals surface area contributed by atoms with Crippen LogP contribution in [-0.4, -0.2) is 24.1 Å². The van der Waals surface area contributed by atoms with E-state index in [1.54, 1.807) is 11.3 Å². The third-order valence-corrected chi connectivity index (χ3v) is 4.05. The topological polar surface area (TPSA) is 28.2 Å². The van der Waals surface area contributed by atoms with Gasteiger partial charge in [-0.2, -0.15) is 0 Å². The third kappa shape index (κ3) is 5.36. The van der Waals surface area contributed by atoms with E-state index in [9.17, 15) is 0 Å². The number of hydrogen-bond donors (Lipinski definition) is 1. The minimum Gasteiger partial charge on any atom is -0.351 e. The molecule has 1 unspecified atom stereocenters. The highest BCUT2D eigenvalue weighted by atomic mass is 32.1. The van der Waals surface area contributed by atoms with E-state index in [0.717, 1.165) is 24.1 Å². The van der Waals surface area contributed by atoms with Crippen molar-refractivity contribution in [3.63, 3.8) is 0 Å². The molecular formula is C14H27N3S. The molecule has 0 spiro atoms. The van der Waals surface area contributed by atoms with E-state index in [2.05, 4.69) is 56.9 Å². The molecule has 1 aromatic heterocycles. The molecule has 0 bridgehead atoms. The zero-order valence-corrected chi connectivity index (χ0v) is 13.4. The average Bonchev–Trinajstić information content (AvgIpc) is 2.74. The first-order valence-electron chi connectivity index (χ1n) is 6.72. The summed E-state index contributed by atoms with van der Waals surface area (Å²) in [5.74, 6) is 0.718. The molecule has 3 nitrogen and oxygen atoms in total. The van der Waals surface area contributed by atoms with Crippen LogP contribution >= 0.6 is 11.3 Å². The van der Waals surface area contributed by atoms with Crippen LogP contribution in [0.2, 0.25) is 0 Å². The molecule has 1 heterocycles. The van der Waals surface area contributed by atoms with E-state index in [1.807, 2.05) is 6.20 Å². The Kier molecular flexibility index (Phi) is 5.60. The standard InChI is InChI=1S/C14H27N3S/c1-7-11(2)10-17(6)13-15-8-12(18-13)9-16-14(3,4)5/h8,11,16H,7,9-10H2,1-6H3. The number of nitrogens with zero attached hydrogens (tertiary/aromatic N) is 2. The second kappa shape index (κ2) is 6.53. The van der Waals surface area contributed by atoms with Crippen molar-refractivity contribution in [1.29, 1.82) is 0 Å². The number of rotatable bonds is 6. The normalized spacial score (nSPS) is 13.7. The van der Waals surface area contributed by atoms with Crippen LogP contribution in [0.15, 0.2) is 6.20 Å². The van der Waals surface area contributed by atoms with Crippen molar-refractivity contribution in [3.8, 4) is 0 Å². The fraction of sp³-hybridized carbons (Fsp3) is 0.786. The van der Waals surface area contributed by atoms with E-state index < -0.39 is 0 Å². The SMILES string of the molecule is CCC(C)CN(C)c1ncc(CNC(C)(C)C)s1. The summed E-state index contributed by atoms with van der Waals surface area (Å²) in [5, 5.41) is 4.62. The van der Waals surface area contributed by atoms with E-state index in [4.69, 9.17) is 0 Å². The molecule has 0 saturated carbocycles. The highest BCUT2D eigenvalue weighted by Crippen LogP contribution is 2.23. The van der Waals surface area contributed by atoms with Gasteiger partial charge in [-0.05, 0) is 26.7 Å². The van der Waals surface area contributed by atoms with Gasteiger partial charge in [0.05, 0.1) is 0 Å². The summed E-state index contributed by atoms with van der Waals surface area (Å²) in [6.45, 7) is 13.1. The van der Waals surface area contributed by atoms with E-state index in [0.29, 0.717) is 0 Å². The Hall–Kier alpha value is -0.610. The van der Waals surface area contributed by atoms with Gasteiger partial charge in [0.15, 0.2) is 5.13 Å². The van der Waals surface area contributed by atoms with Gasteiger partial charge in [0.2, 0.25) is 0 Å². The van der Waals surface area contributed by atoms with Crippen molar-refractivity contribution < 1.29 is 0 Å². The quantitative estimate of drug-likeness (QED) is 0.856. The number of anilines is 1. The molecule has 0 aliphatic heterocycles. The van der Waals surface area contributed by atoms with Crippen LogP contribution in [0, 0.1) is 5.92 Å². The van der Waals surface area contributed by atoms with Crippen LogP contribution in [0.5, 0.6) is 0 Å². The van der Waals surface area contributed by atoms with Gasteiger partial charge in [0.1, 0.15) is 0 Å². The molecule has 0 fully saturated rings. The smallest absolute Gasteiger partial charge is 0.185 e. The lowest BCUT2D eigenvalue weighted by molar-refractivity contribution is 0.426. The van der Waals surface area contributed by atoms with Crippen LogP contribution < -0.4 is 10.2 Å². The molecule has 0 radical (unpaired) electrons. The van der Waals surface area contributed by atoms with Crippen LogP contribution in [-0.2, 0) is 6.54 Å². The second-order valence-corrected chi connectivity index (χ2v) is 7.20. The van der Waals surface area contributed by atoms with Crippen LogP contribution in [0.25, 0.3) is 0 Å². The number of aromatic nitrogens is 1. The average molecular weight is 269 g/mol. The first-order chi connectivity index (χ1) is 8.31. The fourth-order valence-electron chi connectivity index (χ4n) is 1.58. The Balaban J connectivity index is 2.52. The van der Waals surface area contributed by atoms with Crippen molar-refractivity contribution in [2.45, 2.75) is 53.1 Å². The molecule has 1 aromatic rings. The Morgan fingerprint density at radius 3 is 2.67 bits per heavy atom. The maximum atomic E-state index is 4.51. The minimum atomic E-state index is 0.160. The number of nitrogens with one attached hydrogen (secondary N) is 1. The number of thiazole rings is 1. The fourth-order valence-corrected chi connectivity index (χ4v) is 2.40. The minimum absolute atomic E-state index is 0.160. The number of hydrogen-bond acceptors (Lipinski definition) is 4. The molecular weight excluding hydrogens is 242 g/mol. The van der Waals surface area contributed by atoms with Gasteiger partial charge in [-0.25, -0.2) is 4.98 Å². The lowest BCUT2D eigenvalue weighted by Gasteiger charge is -2.20. The monoisotopic (exact) mass is 269 g/mol. The maximum Gasteiger partial charge on any atom is 0.185 e. The molecule has 1 rings (SSSR count). The first-order valence-corrected chi connectivity index (χ1v) is 7.54. The van der Waals surface area contributed by atoms with Gasteiger partial charge >= 0.3 is 0 Å². The van der Waals surface area contributed by atoms with Crippen LogP contribution in [0.4, 0.5) is 5.13 Å². The van der Waals surface area contributed by atoms with Gasteiger partial charge in [0, 0.05) is 36.8 Å². The molecule has 0 aliphatic carbocycles. The maximum absolute atomic E-state index is 4.51. The summed E-state index contributed by atoms with van der Waals surface area (Å²) < 4.78 is 0. The predicted octanol–water partition coefficient (Wildman–Crippen LogP) is 3.51. The predicted molar refractivity (Wildman–Crippen MR) is 81.4 cm³/mol. The lowest BCUT2D eigenvalue weighted by atomic mass is 10.1. The summed E-state index contributed by atoms with van der Waals surface area (Å²) >= 11 is 1.79. The van der Waals surface area contributed by atoms with Gasteiger partial charge in [0.25, 0.3) is 0 Å². The van der Waals surface area contributed by atoms with Crippen molar-refractivity contribution in [3.05, 3.63) is 11.1 Å². The molecule has 0 saturated heterocycles. The Morgan fingerprint density at radius 2 is 2.11 bits per heavy atom. The highest BCUT2D eigenvalue weighted by Gasteiger charge is 2.12. The van der Waals surface area contributed by atoms with Crippen molar-refractivity contribution in [2.24, 2.45) is 5.92 Å². The van der Waals surface area contributed by atoms with Gasteiger partial charge in [-0.1, -0.05) is 20.3 Å². The lowest BCUT2D eigenvalue weighted by Crippen LogP contribution is -2.34. The summed E-state index contributed by atoms with van der Waals surface area (Å²) in [5.41, 5.74) is 0.160. The molecule has 0 amide bonds. The third-order valence-electron chi connectivity index (χ3n) is 2.94. The zero-order chi connectivity index (χ0) is 13.8. The summed E-state index contributed by atoms with van der Waals surface area (Å²) in [4.78, 5) is 8.07. The van der Waals surface area contributed by atoms with E-state index in [-0.39, 0.29) is 5.54 Å². The van der Waals surface area contributed by atoms with Gasteiger partial charge in [-0.15, -0.1) is 11.3 Å². The van der Waals surface area contributed by atoms with E-state index in [1.165, 1.54) is 11.3 Å². The Labute approximate surface area is 116 Å². The zero-order valence-electron chi connectivity index (χ0n) is 12.6. The highest BCUT2D eigenvalue weighted by molar-refractivity contribution is 7.15. The van der Waals surface area contributed by atoms with Gasteiger partial charge in [-0.3, -0.25) is 0 Å². The molecule has 0 aliphatic rings. The summed E-state index contributed by atoms with van der Waals surface area (Å²) in [6.07, 6.45) is 3.21. The summed E-state index contributed by atoms with van der Waals surface area (Å²) in [6, 6.07) is 0. The van der Waals surface area contributed by atoms with Crippen LogP contribution in [0.1, 0.15) is 45.9 Å². The van der Waals surface area contributed by atoms with Crippen molar-refractivity contribution in [2.75, 3.05) is 18.5 Å². The summed E-state index contributed by atoms with van der Waals surface area (Å²) in [7, 11) is 2.13. The molecule has 1 N–H and O–H groups in total. The van der Waals surface area contributed by atoms with E-state index >= 15 is 0 Å².